The summed E-state index contributed by atoms with van der Waals surface area (Å²) in [4.78, 5) is 20.4. The van der Waals surface area contributed by atoms with Crippen LogP contribution in [0.3, 0.4) is 0 Å². The average Bonchev–Trinajstić information content (AvgIpc) is 2.26. The van der Waals surface area contributed by atoms with Gasteiger partial charge in [-0.15, -0.1) is 0 Å². The Morgan fingerprint density at radius 3 is 2.39 bits per heavy atom. The van der Waals surface area contributed by atoms with Gasteiger partial charge in [0.1, 0.15) is 10.7 Å². The highest BCUT2D eigenvalue weighted by atomic mass is 32.2. The van der Waals surface area contributed by atoms with Crippen molar-refractivity contribution in [2.45, 2.75) is 11.3 Å². The zero-order chi connectivity index (χ0) is 13.9. The molecule has 8 heteroatoms. The minimum absolute atomic E-state index is 0.360. The van der Waals surface area contributed by atoms with Crippen molar-refractivity contribution in [3.05, 3.63) is 29.6 Å². The number of benzene rings is 1. The molecule has 1 amide bonds. The maximum Gasteiger partial charge on any atom is 0.335 e. The van der Waals surface area contributed by atoms with Crippen LogP contribution < -0.4 is 5.73 Å². The standard InChI is InChI=1S/C10H10FNO5S/c11-7-5-6(10(14)15)1-2-8(7)18(16,17)4-3-9(12)13/h1-2,5H,3-4H2,(H2,12,13)(H,14,15). The van der Waals surface area contributed by atoms with E-state index in [0.717, 1.165) is 12.1 Å². The van der Waals surface area contributed by atoms with Crippen molar-refractivity contribution in [3.63, 3.8) is 0 Å². The molecule has 1 aromatic carbocycles. The van der Waals surface area contributed by atoms with E-state index in [2.05, 4.69) is 0 Å². The second kappa shape index (κ2) is 5.13. The summed E-state index contributed by atoms with van der Waals surface area (Å²) in [5.41, 5.74) is 4.44. The molecule has 6 nitrogen and oxygen atoms in total. The van der Waals surface area contributed by atoms with Crippen molar-refractivity contribution in [3.8, 4) is 0 Å². The van der Waals surface area contributed by atoms with E-state index in [0.29, 0.717) is 6.07 Å². The second-order valence-corrected chi connectivity index (χ2v) is 5.56. The van der Waals surface area contributed by atoms with Gasteiger partial charge in [-0.3, -0.25) is 4.79 Å². The number of primary amides is 1. The molecule has 0 radical (unpaired) electrons. The number of amides is 1. The van der Waals surface area contributed by atoms with Crippen LogP contribution in [0, 0.1) is 5.82 Å². The van der Waals surface area contributed by atoms with Crippen molar-refractivity contribution in [1.29, 1.82) is 0 Å². The van der Waals surface area contributed by atoms with Crippen LogP contribution in [0.1, 0.15) is 16.8 Å². The summed E-state index contributed by atoms with van der Waals surface area (Å²) < 4.78 is 36.8. The number of hydrogen-bond acceptors (Lipinski definition) is 4. The van der Waals surface area contributed by atoms with E-state index in [1.54, 1.807) is 0 Å². The monoisotopic (exact) mass is 275 g/mol. The first kappa shape index (κ1) is 14.1. The number of carboxylic acid groups (broad SMARTS) is 1. The minimum Gasteiger partial charge on any atom is -0.478 e. The van der Waals surface area contributed by atoms with Crippen molar-refractivity contribution in [2.24, 2.45) is 5.73 Å². The predicted octanol–water partition coefficient (Wildman–Crippen LogP) is 0.173. The van der Waals surface area contributed by atoms with Crippen LogP contribution in [0.5, 0.6) is 0 Å². The fourth-order valence-electron chi connectivity index (χ4n) is 1.23. The number of halogens is 1. The molecule has 1 rings (SSSR count). The van der Waals surface area contributed by atoms with Gasteiger partial charge in [0.2, 0.25) is 5.91 Å². The minimum atomic E-state index is -4.00. The number of carbonyl (C=O) groups is 2. The zero-order valence-corrected chi connectivity index (χ0v) is 9.91. The molecule has 0 aliphatic heterocycles. The molecule has 1 aromatic rings. The van der Waals surface area contributed by atoms with Gasteiger partial charge in [0, 0.05) is 6.42 Å². The Hall–Kier alpha value is -1.96. The van der Waals surface area contributed by atoms with Gasteiger partial charge >= 0.3 is 5.97 Å². The lowest BCUT2D eigenvalue weighted by molar-refractivity contribution is -0.117. The third-order valence-corrected chi connectivity index (χ3v) is 3.87. The van der Waals surface area contributed by atoms with Crippen molar-refractivity contribution in [1.82, 2.24) is 0 Å². The van der Waals surface area contributed by atoms with Gasteiger partial charge in [-0.1, -0.05) is 0 Å². The van der Waals surface area contributed by atoms with Crippen LogP contribution in [-0.4, -0.2) is 31.2 Å². The van der Waals surface area contributed by atoms with Gasteiger partial charge in [0.15, 0.2) is 9.84 Å². The molecule has 0 bridgehead atoms. The zero-order valence-electron chi connectivity index (χ0n) is 9.09. The molecule has 0 unspecified atom stereocenters. The SMILES string of the molecule is NC(=O)CCS(=O)(=O)c1ccc(C(=O)O)cc1F. The summed E-state index contributed by atoms with van der Waals surface area (Å²) in [6.45, 7) is 0. The van der Waals surface area contributed by atoms with Crippen LogP contribution in [0.25, 0.3) is 0 Å². The van der Waals surface area contributed by atoms with Crippen molar-refractivity contribution in [2.75, 3.05) is 5.75 Å². The number of sulfone groups is 1. The average molecular weight is 275 g/mol. The van der Waals surface area contributed by atoms with Gasteiger partial charge in [-0.25, -0.2) is 17.6 Å². The van der Waals surface area contributed by atoms with Gasteiger partial charge in [0.05, 0.1) is 11.3 Å². The van der Waals surface area contributed by atoms with Crippen LogP contribution >= 0.6 is 0 Å². The Balaban J connectivity index is 3.10. The molecule has 0 saturated carbocycles. The highest BCUT2D eigenvalue weighted by Crippen LogP contribution is 2.18. The van der Waals surface area contributed by atoms with E-state index < -0.39 is 44.6 Å². The number of aromatic carboxylic acids is 1. The van der Waals surface area contributed by atoms with E-state index in [4.69, 9.17) is 10.8 Å². The topological polar surface area (TPSA) is 115 Å². The summed E-state index contributed by atoms with van der Waals surface area (Å²) in [6.07, 6.45) is -0.428. The van der Waals surface area contributed by atoms with Crippen LogP contribution in [-0.2, 0) is 14.6 Å². The maximum absolute atomic E-state index is 13.5. The normalized spacial score (nSPS) is 11.2. The Labute approximate surface area is 102 Å². The molecule has 3 N–H and O–H groups in total. The number of rotatable bonds is 5. The summed E-state index contributed by atoms with van der Waals surface area (Å²) in [7, 11) is -4.00. The molecule has 0 aliphatic carbocycles. The Morgan fingerprint density at radius 2 is 1.94 bits per heavy atom. The Morgan fingerprint density at radius 1 is 1.33 bits per heavy atom. The highest BCUT2D eigenvalue weighted by molar-refractivity contribution is 7.91. The molecule has 0 aromatic heterocycles. The van der Waals surface area contributed by atoms with Gasteiger partial charge in [-0.05, 0) is 18.2 Å². The Bertz CT molecular complexity index is 596. The maximum atomic E-state index is 13.5. The third-order valence-electron chi connectivity index (χ3n) is 2.13. The summed E-state index contributed by atoms with van der Waals surface area (Å²) in [5, 5.41) is 8.60. The van der Waals surface area contributed by atoms with E-state index in [-0.39, 0.29) is 5.56 Å². The summed E-state index contributed by atoms with van der Waals surface area (Å²) in [5.74, 6) is -3.97. The molecule has 0 atom stereocenters. The molecule has 18 heavy (non-hydrogen) atoms. The lowest BCUT2D eigenvalue weighted by Crippen LogP contribution is -2.18. The molecule has 0 fully saturated rings. The first-order valence-electron chi connectivity index (χ1n) is 4.78. The quantitative estimate of drug-likeness (QED) is 0.795. The molecule has 0 saturated heterocycles. The van der Waals surface area contributed by atoms with Gasteiger partial charge in [0.25, 0.3) is 0 Å². The summed E-state index contributed by atoms with van der Waals surface area (Å²) in [6, 6.07) is 2.44. The lowest BCUT2D eigenvalue weighted by atomic mass is 10.2. The Kier molecular flexibility index (Phi) is 4.02. The molecular formula is C10H10FNO5S. The highest BCUT2D eigenvalue weighted by Gasteiger charge is 2.21. The number of nitrogens with two attached hydrogens (primary N) is 1. The van der Waals surface area contributed by atoms with E-state index in [1.807, 2.05) is 0 Å². The fraction of sp³-hybridized carbons (Fsp3) is 0.200. The van der Waals surface area contributed by atoms with Crippen molar-refractivity contribution >= 4 is 21.7 Å². The van der Waals surface area contributed by atoms with Crippen LogP contribution in [0.2, 0.25) is 0 Å². The summed E-state index contributed by atoms with van der Waals surface area (Å²) >= 11 is 0. The first-order valence-corrected chi connectivity index (χ1v) is 6.43. The first-order chi connectivity index (χ1) is 8.24. The predicted molar refractivity (Wildman–Crippen MR) is 59.2 cm³/mol. The largest absolute Gasteiger partial charge is 0.478 e. The molecule has 0 spiro atoms. The number of carboxylic acids is 1. The number of hydrogen-bond donors (Lipinski definition) is 2. The molecule has 0 aliphatic rings. The van der Waals surface area contributed by atoms with Gasteiger partial charge in [-0.2, -0.15) is 0 Å². The molecular weight excluding hydrogens is 265 g/mol. The van der Waals surface area contributed by atoms with Crippen molar-refractivity contribution < 1.29 is 27.5 Å². The third kappa shape index (κ3) is 3.27. The molecule has 98 valence electrons. The second-order valence-electron chi connectivity index (χ2n) is 3.49. The van der Waals surface area contributed by atoms with E-state index in [9.17, 15) is 22.4 Å². The van der Waals surface area contributed by atoms with Crippen LogP contribution in [0.15, 0.2) is 23.1 Å². The smallest absolute Gasteiger partial charge is 0.335 e. The van der Waals surface area contributed by atoms with E-state index >= 15 is 0 Å². The van der Waals surface area contributed by atoms with Gasteiger partial charge < -0.3 is 10.8 Å². The lowest BCUT2D eigenvalue weighted by Gasteiger charge is -2.05. The van der Waals surface area contributed by atoms with Crippen LogP contribution in [0.4, 0.5) is 4.39 Å². The molecule has 0 heterocycles. The fourth-order valence-corrected chi connectivity index (χ4v) is 2.55. The van der Waals surface area contributed by atoms with E-state index in [1.165, 1.54) is 0 Å². The number of carbonyl (C=O) groups excluding carboxylic acids is 1.